The van der Waals surface area contributed by atoms with E-state index in [-0.39, 0.29) is 35.5 Å². The number of aliphatic hydroxyl groups is 1. The molecule has 0 fully saturated rings. The van der Waals surface area contributed by atoms with Gasteiger partial charge in [0.2, 0.25) is 0 Å². The van der Waals surface area contributed by atoms with Crippen LogP contribution in [-0.2, 0) is 0 Å². The summed E-state index contributed by atoms with van der Waals surface area (Å²) in [6.45, 7) is 1.91. The molecule has 5 heteroatoms. The van der Waals surface area contributed by atoms with E-state index in [9.17, 15) is 14.0 Å². The van der Waals surface area contributed by atoms with E-state index in [1.807, 2.05) is 6.92 Å². The summed E-state index contributed by atoms with van der Waals surface area (Å²) in [6.07, 6.45) is 1.24. The minimum atomic E-state index is -0.421. The fourth-order valence-corrected chi connectivity index (χ4v) is 2.41. The number of nitrogens with one attached hydrogen (secondary N) is 1. The first-order valence-corrected chi connectivity index (χ1v) is 7.84. The Morgan fingerprint density at radius 1 is 1.08 bits per heavy atom. The minimum absolute atomic E-state index is 0.0693. The lowest BCUT2D eigenvalue weighted by atomic mass is 9.97. The first-order valence-electron chi connectivity index (χ1n) is 7.84. The zero-order valence-corrected chi connectivity index (χ0v) is 13.5. The lowest BCUT2D eigenvalue weighted by Crippen LogP contribution is -2.33. The van der Waals surface area contributed by atoms with Gasteiger partial charge in [0.15, 0.2) is 5.78 Å². The van der Waals surface area contributed by atoms with Gasteiger partial charge in [-0.1, -0.05) is 18.2 Å². The van der Waals surface area contributed by atoms with E-state index in [0.29, 0.717) is 18.4 Å². The van der Waals surface area contributed by atoms with Gasteiger partial charge >= 0.3 is 0 Å². The monoisotopic (exact) mass is 329 g/mol. The van der Waals surface area contributed by atoms with Crippen LogP contribution >= 0.6 is 0 Å². The number of rotatable bonds is 7. The van der Waals surface area contributed by atoms with E-state index in [2.05, 4.69) is 5.32 Å². The Morgan fingerprint density at radius 3 is 2.33 bits per heavy atom. The van der Waals surface area contributed by atoms with Crippen molar-refractivity contribution in [1.82, 2.24) is 5.32 Å². The van der Waals surface area contributed by atoms with Crippen molar-refractivity contribution in [3.63, 3.8) is 0 Å². The highest BCUT2D eigenvalue weighted by Gasteiger charge is 2.19. The zero-order valence-electron chi connectivity index (χ0n) is 13.5. The fraction of sp³-hybridized carbons (Fsp3) is 0.263. The summed E-state index contributed by atoms with van der Waals surface area (Å²) in [4.78, 5) is 25.0. The summed E-state index contributed by atoms with van der Waals surface area (Å²) in [6, 6.07) is 11.7. The van der Waals surface area contributed by atoms with Crippen LogP contribution in [0.5, 0.6) is 0 Å². The predicted octanol–water partition coefficient (Wildman–Crippen LogP) is 2.95. The summed E-state index contributed by atoms with van der Waals surface area (Å²) in [5.41, 5.74) is 0.878. The average molecular weight is 329 g/mol. The molecule has 126 valence electrons. The molecular weight excluding hydrogens is 309 g/mol. The minimum Gasteiger partial charge on any atom is -0.396 e. The molecule has 0 saturated carbocycles. The molecule has 2 aromatic rings. The van der Waals surface area contributed by atoms with Gasteiger partial charge in [-0.15, -0.1) is 0 Å². The largest absolute Gasteiger partial charge is 0.396 e. The van der Waals surface area contributed by atoms with Crippen LogP contribution in [0.1, 0.15) is 46.0 Å². The van der Waals surface area contributed by atoms with Crippen molar-refractivity contribution < 1.29 is 19.1 Å². The number of amides is 1. The quantitative estimate of drug-likeness (QED) is 0.768. The Morgan fingerprint density at radius 2 is 1.71 bits per heavy atom. The lowest BCUT2D eigenvalue weighted by molar-refractivity contribution is 0.0926. The van der Waals surface area contributed by atoms with Crippen molar-refractivity contribution in [3.05, 3.63) is 71.0 Å². The van der Waals surface area contributed by atoms with E-state index < -0.39 is 5.82 Å². The van der Waals surface area contributed by atoms with Crippen molar-refractivity contribution in [2.24, 2.45) is 0 Å². The van der Waals surface area contributed by atoms with Gasteiger partial charge < -0.3 is 10.4 Å². The van der Waals surface area contributed by atoms with E-state index in [1.165, 1.54) is 24.3 Å². The summed E-state index contributed by atoms with van der Waals surface area (Å²) in [5, 5.41) is 11.7. The Kier molecular flexibility index (Phi) is 6.21. The van der Waals surface area contributed by atoms with Gasteiger partial charge in [-0.05, 0) is 50.1 Å². The molecule has 2 aromatic carbocycles. The molecule has 0 aromatic heterocycles. The normalized spacial score (nSPS) is 11.8. The third kappa shape index (κ3) is 4.49. The predicted molar refractivity (Wildman–Crippen MR) is 89.5 cm³/mol. The molecule has 1 unspecified atom stereocenters. The number of hydrogen-bond acceptors (Lipinski definition) is 3. The average Bonchev–Trinajstić information content (AvgIpc) is 2.60. The molecule has 0 saturated heterocycles. The van der Waals surface area contributed by atoms with Gasteiger partial charge in [-0.2, -0.15) is 0 Å². The lowest BCUT2D eigenvalue weighted by Gasteiger charge is -2.15. The van der Waals surface area contributed by atoms with Crippen LogP contribution in [0.2, 0.25) is 0 Å². The summed E-state index contributed by atoms with van der Waals surface area (Å²) in [5.74, 6) is -1.09. The number of carbonyl (C=O) groups excluding carboxylic acids is 2. The number of aliphatic hydroxyl groups excluding tert-OH is 1. The van der Waals surface area contributed by atoms with E-state index in [4.69, 9.17) is 5.11 Å². The molecule has 0 bridgehead atoms. The maximum Gasteiger partial charge on any atom is 0.252 e. The standard InChI is InChI=1S/C19H20FNO3/c1-13(5-4-12-22)21-19(24)17-7-3-2-6-16(17)18(23)14-8-10-15(20)11-9-14/h2-3,6-11,13,22H,4-5,12H2,1H3,(H,21,24). The number of carbonyl (C=O) groups is 2. The summed E-state index contributed by atoms with van der Waals surface area (Å²) >= 11 is 0. The number of benzene rings is 2. The third-order valence-corrected chi connectivity index (χ3v) is 3.70. The molecule has 0 aliphatic carbocycles. The molecule has 0 aliphatic heterocycles. The van der Waals surface area contributed by atoms with E-state index >= 15 is 0 Å². The molecule has 2 N–H and O–H groups in total. The second kappa shape index (κ2) is 8.36. The van der Waals surface area contributed by atoms with Crippen LogP contribution in [0, 0.1) is 5.82 Å². The molecule has 2 rings (SSSR count). The summed E-state index contributed by atoms with van der Waals surface area (Å²) < 4.78 is 13.0. The van der Waals surface area contributed by atoms with Crippen LogP contribution in [0.15, 0.2) is 48.5 Å². The van der Waals surface area contributed by atoms with Crippen LogP contribution in [0.3, 0.4) is 0 Å². The SMILES string of the molecule is CC(CCCO)NC(=O)c1ccccc1C(=O)c1ccc(F)cc1. The number of halogens is 1. The van der Waals surface area contributed by atoms with Gasteiger partial charge in [-0.25, -0.2) is 4.39 Å². The van der Waals surface area contributed by atoms with Gasteiger partial charge in [0.1, 0.15) is 5.82 Å². The van der Waals surface area contributed by atoms with Crippen molar-refractivity contribution in [3.8, 4) is 0 Å². The summed E-state index contributed by atoms with van der Waals surface area (Å²) in [7, 11) is 0. The second-order valence-electron chi connectivity index (χ2n) is 5.62. The number of ketones is 1. The highest BCUT2D eigenvalue weighted by molar-refractivity contribution is 6.15. The maximum atomic E-state index is 13.0. The zero-order chi connectivity index (χ0) is 17.5. The topological polar surface area (TPSA) is 66.4 Å². The van der Waals surface area contributed by atoms with Crippen LogP contribution in [-0.4, -0.2) is 29.4 Å². The van der Waals surface area contributed by atoms with Gasteiger partial charge in [0.25, 0.3) is 5.91 Å². The van der Waals surface area contributed by atoms with E-state index in [0.717, 1.165) is 0 Å². The van der Waals surface area contributed by atoms with Crippen molar-refractivity contribution in [1.29, 1.82) is 0 Å². The molecule has 24 heavy (non-hydrogen) atoms. The fourth-order valence-electron chi connectivity index (χ4n) is 2.41. The van der Waals surface area contributed by atoms with Crippen LogP contribution < -0.4 is 5.32 Å². The number of hydrogen-bond donors (Lipinski definition) is 2. The second-order valence-corrected chi connectivity index (χ2v) is 5.62. The molecular formula is C19H20FNO3. The first-order chi connectivity index (χ1) is 11.5. The Hall–Kier alpha value is -2.53. The van der Waals surface area contributed by atoms with Crippen LogP contribution in [0.4, 0.5) is 4.39 Å². The van der Waals surface area contributed by atoms with Gasteiger partial charge in [0, 0.05) is 23.8 Å². The molecule has 0 aliphatic rings. The Balaban J connectivity index is 2.22. The Labute approximate surface area is 140 Å². The molecule has 1 atom stereocenters. The molecule has 0 radical (unpaired) electrons. The van der Waals surface area contributed by atoms with Gasteiger partial charge in [0.05, 0.1) is 5.56 Å². The first kappa shape index (κ1) is 17.8. The Bertz CT molecular complexity index is 713. The highest BCUT2D eigenvalue weighted by atomic mass is 19.1. The van der Waals surface area contributed by atoms with Crippen molar-refractivity contribution in [2.75, 3.05) is 6.61 Å². The van der Waals surface area contributed by atoms with Crippen molar-refractivity contribution >= 4 is 11.7 Å². The molecule has 1 amide bonds. The smallest absolute Gasteiger partial charge is 0.252 e. The highest BCUT2D eigenvalue weighted by Crippen LogP contribution is 2.16. The van der Waals surface area contributed by atoms with Gasteiger partial charge in [-0.3, -0.25) is 9.59 Å². The molecule has 0 heterocycles. The van der Waals surface area contributed by atoms with Crippen LogP contribution in [0.25, 0.3) is 0 Å². The molecule has 4 nitrogen and oxygen atoms in total. The maximum absolute atomic E-state index is 13.0. The van der Waals surface area contributed by atoms with Crippen molar-refractivity contribution in [2.45, 2.75) is 25.8 Å². The third-order valence-electron chi connectivity index (χ3n) is 3.70. The molecule has 0 spiro atoms. The van der Waals surface area contributed by atoms with E-state index in [1.54, 1.807) is 24.3 Å².